The van der Waals surface area contributed by atoms with Crippen LogP contribution < -0.4 is 5.32 Å². The van der Waals surface area contributed by atoms with Crippen LogP contribution in [0.1, 0.15) is 17.5 Å². The minimum Gasteiger partial charge on any atom is -0.383 e. The molecule has 1 N–H and O–H groups in total. The third-order valence-electron chi connectivity index (χ3n) is 4.32. The molecule has 0 saturated carbocycles. The first-order chi connectivity index (χ1) is 11.2. The predicted octanol–water partition coefficient (Wildman–Crippen LogP) is 2.21. The lowest BCUT2D eigenvalue weighted by Gasteiger charge is -2.31. The van der Waals surface area contributed by atoms with Crippen LogP contribution in [0.3, 0.4) is 0 Å². The fraction of sp³-hybridized carbons (Fsp3) is 0.611. The molecule has 0 atom stereocenters. The Morgan fingerprint density at radius 3 is 2.75 bits per heavy atom. The summed E-state index contributed by atoms with van der Waals surface area (Å²) in [7, 11) is 5.75. The highest BCUT2D eigenvalue weighted by atomic mass is 127. The number of benzene rings is 1. The van der Waals surface area contributed by atoms with Gasteiger partial charge in [-0.25, -0.2) is 0 Å². The largest absolute Gasteiger partial charge is 0.383 e. The molecule has 1 aromatic rings. The Hall–Kier alpha value is -0.860. The highest BCUT2D eigenvalue weighted by molar-refractivity contribution is 14.0. The zero-order chi connectivity index (χ0) is 16.5. The van der Waals surface area contributed by atoms with Gasteiger partial charge in [0.2, 0.25) is 0 Å². The van der Waals surface area contributed by atoms with Crippen LogP contribution in [0.15, 0.2) is 29.3 Å². The van der Waals surface area contributed by atoms with Gasteiger partial charge in [-0.3, -0.25) is 4.99 Å². The van der Waals surface area contributed by atoms with Gasteiger partial charge in [-0.2, -0.15) is 0 Å². The number of fused-ring (bicyclic) bond motifs is 1. The topological polar surface area (TPSA) is 40.1 Å². The molecule has 0 unspecified atom stereocenters. The number of nitrogens with zero attached hydrogens (tertiary/aromatic N) is 3. The Bertz CT molecular complexity index is 510. The van der Waals surface area contributed by atoms with Crippen molar-refractivity contribution in [2.45, 2.75) is 19.4 Å². The second-order valence-electron chi connectivity index (χ2n) is 6.06. The van der Waals surface area contributed by atoms with E-state index in [9.17, 15) is 0 Å². The van der Waals surface area contributed by atoms with Gasteiger partial charge in [-0.1, -0.05) is 24.3 Å². The van der Waals surface area contributed by atoms with Crippen molar-refractivity contribution in [3.8, 4) is 0 Å². The van der Waals surface area contributed by atoms with E-state index in [4.69, 9.17) is 4.74 Å². The van der Waals surface area contributed by atoms with Crippen LogP contribution in [-0.4, -0.2) is 69.8 Å². The zero-order valence-electron chi connectivity index (χ0n) is 15.1. The Labute approximate surface area is 163 Å². The second kappa shape index (κ2) is 11.7. The molecule has 0 fully saturated rings. The Morgan fingerprint density at radius 2 is 2.04 bits per heavy atom. The first kappa shape index (κ1) is 21.2. The van der Waals surface area contributed by atoms with E-state index in [2.05, 4.69) is 51.4 Å². The van der Waals surface area contributed by atoms with Gasteiger partial charge < -0.3 is 19.9 Å². The summed E-state index contributed by atoms with van der Waals surface area (Å²) < 4.78 is 5.10. The van der Waals surface area contributed by atoms with Crippen LogP contribution in [0.5, 0.6) is 0 Å². The number of guanidine groups is 1. The number of aliphatic imine (C=N–C) groups is 1. The molecule has 0 aliphatic carbocycles. The van der Waals surface area contributed by atoms with E-state index in [1.54, 1.807) is 7.11 Å². The second-order valence-corrected chi connectivity index (χ2v) is 6.06. The number of hydrogen-bond acceptors (Lipinski definition) is 3. The van der Waals surface area contributed by atoms with Gasteiger partial charge in [0.1, 0.15) is 0 Å². The van der Waals surface area contributed by atoms with Crippen molar-refractivity contribution < 1.29 is 4.74 Å². The number of nitrogens with one attached hydrogen (secondary N) is 1. The van der Waals surface area contributed by atoms with Crippen molar-refractivity contribution in [1.29, 1.82) is 0 Å². The minimum atomic E-state index is 0. The monoisotopic (exact) mass is 446 g/mol. The molecule has 0 radical (unpaired) electrons. The van der Waals surface area contributed by atoms with Gasteiger partial charge in [-0.15, -0.1) is 24.0 Å². The van der Waals surface area contributed by atoms with E-state index in [0.717, 1.165) is 58.1 Å². The lowest BCUT2D eigenvalue weighted by Crippen LogP contribution is -2.44. The van der Waals surface area contributed by atoms with Crippen LogP contribution >= 0.6 is 24.0 Å². The maximum atomic E-state index is 5.10. The fourth-order valence-corrected chi connectivity index (χ4v) is 2.92. The van der Waals surface area contributed by atoms with Crippen LogP contribution in [0.2, 0.25) is 0 Å². The zero-order valence-corrected chi connectivity index (χ0v) is 17.5. The van der Waals surface area contributed by atoms with E-state index in [1.807, 2.05) is 7.05 Å². The highest BCUT2D eigenvalue weighted by Crippen LogP contribution is 2.18. The molecule has 0 aromatic heterocycles. The van der Waals surface area contributed by atoms with E-state index >= 15 is 0 Å². The SMILES string of the molecule is CN=C(NCCCN(C)CCOC)N1CCc2ccccc2C1.I. The predicted molar refractivity (Wildman–Crippen MR) is 111 cm³/mol. The summed E-state index contributed by atoms with van der Waals surface area (Å²) in [6.45, 7) is 5.76. The van der Waals surface area contributed by atoms with Crippen LogP contribution in [0.4, 0.5) is 0 Å². The number of hydrogen-bond donors (Lipinski definition) is 1. The molecular weight excluding hydrogens is 415 g/mol. The van der Waals surface area contributed by atoms with E-state index < -0.39 is 0 Å². The average molecular weight is 446 g/mol. The normalized spacial score (nSPS) is 14.3. The van der Waals surface area contributed by atoms with Gasteiger partial charge in [0, 0.05) is 40.3 Å². The van der Waals surface area contributed by atoms with Crippen molar-refractivity contribution in [3.05, 3.63) is 35.4 Å². The third kappa shape index (κ3) is 6.57. The Kier molecular flexibility index (Phi) is 10.3. The first-order valence-electron chi connectivity index (χ1n) is 8.44. The van der Waals surface area contributed by atoms with Crippen LogP contribution in [0.25, 0.3) is 0 Å². The van der Waals surface area contributed by atoms with Gasteiger partial charge in [0.25, 0.3) is 0 Å². The van der Waals surface area contributed by atoms with Gasteiger partial charge in [-0.05, 0) is 37.6 Å². The number of ether oxygens (including phenoxy) is 1. The molecule has 0 bridgehead atoms. The highest BCUT2D eigenvalue weighted by Gasteiger charge is 2.18. The maximum Gasteiger partial charge on any atom is 0.193 e. The molecule has 2 rings (SSSR count). The summed E-state index contributed by atoms with van der Waals surface area (Å²) in [4.78, 5) is 9.09. The lowest BCUT2D eigenvalue weighted by atomic mass is 10.0. The first-order valence-corrected chi connectivity index (χ1v) is 8.44. The molecule has 0 spiro atoms. The molecule has 136 valence electrons. The van der Waals surface area contributed by atoms with Crippen molar-refractivity contribution in [1.82, 2.24) is 15.1 Å². The molecule has 5 nitrogen and oxygen atoms in total. The summed E-state index contributed by atoms with van der Waals surface area (Å²) >= 11 is 0. The van der Waals surface area contributed by atoms with Crippen molar-refractivity contribution >= 4 is 29.9 Å². The molecule has 0 saturated heterocycles. The summed E-state index contributed by atoms with van der Waals surface area (Å²) in [5.41, 5.74) is 2.89. The fourth-order valence-electron chi connectivity index (χ4n) is 2.92. The standard InChI is InChI=1S/C18H30N4O.HI/c1-19-18(20-10-6-11-21(2)13-14-23-3)22-12-9-16-7-4-5-8-17(16)15-22;/h4-5,7-8H,6,9-15H2,1-3H3,(H,19,20);1H. The van der Waals surface area contributed by atoms with Gasteiger partial charge in [0.05, 0.1) is 6.61 Å². The summed E-state index contributed by atoms with van der Waals surface area (Å²) in [6.07, 6.45) is 2.19. The Morgan fingerprint density at radius 1 is 1.29 bits per heavy atom. The molecule has 1 heterocycles. The third-order valence-corrected chi connectivity index (χ3v) is 4.32. The van der Waals surface area contributed by atoms with E-state index in [0.29, 0.717) is 0 Å². The number of likely N-dealkylation sites (N-methyl/N-ethyl adjacent to an activating group) is 1. The molecular formula is C18H31IN4O. The molecule has 6 heteroatoms. The van der Waals surface area contributed by atoms with E-state index in [1.165, 1.54) is 11.1 Å². The number of halogens is 1. The molecule has 1 aliphatic rings. The van der Waals surface area contributed by atoms with Crippen molar-refractivity contribution in [2.75, 3.05) is 54.0 Å². The average Bonchev–Trinajstić information content (AvgIpc) is 2.59. The smallest absolute Gasteiger partial charge is 0.193 e. The quantitative estimate of drug-likeness (QED) is 0.302. The van der Waals surface area contributed by atoms with Crippen LogP contribution in [0, 0.1) is 0 Å². The molecule has 1 aliphatic heterocycles. The Balaban J connectivity index is 0.00000288. The van der Waals surface area contributed by atoms with Crippen LogP contribution in [-0.2, 0) is 17.7 Å². The van der Waals surface area contributed by atoms with Crippen molar-refractivity contribution in [2.24, 2.45) is 4.99 Å². The lowest BCUT2D eigenvalue weighted by molar-refractivity contribution is 0.161. The summed E-state index contributed by atoms with van der Waals surface area (Å²) in [5.74, 6) is 1.01. The minimum absolute atomic E-state index is 0. The molecule has 1 aromatic carbocycles. The number of methoxy groups -OCH3 is 1. The van der Waals surface area contributed by atoms with Crippen molar-refractivity contribution in [3.63, 3.8) is 0 Å². The van der Waals surface area contributed by atoms with E-state index in [-0.39, 0.29) is 24.0 Å². The van der Waals surface area contributed by atoms with Gasteiger partial charge >= 0.3 is 0 Å². The number of rotatable bonds is 7. The summed E-state index contributed by atoms with van der Waals surface area (Å²) in [5, 5.41) is 3.50. The molecule has 0 amide bonds. The maximum absolute atomic E-state index is 5.10. The molecule has 24 heavy (non-hydrogen) atoms. The van der Waals surface area contributed by atoms with Gasteiger partial charge in [0.15, 0.2) is 5.96 Å². The summed E-state index contributed by atoms with van der Waals surface area (Å²) in [6, 6.07) is 8.70.